The van der Waals surface area contributed by atoms with Crippen LogP contribution >= 0.6 is 11.6 Å². The summed E-state index contributed by atoms with van der Waals surface area (Å²) in [6.07, 6.45) is 1.07. The van der Waals surface area contributed by atoms with E-state index < -0.39 is 0 Å². The van der Waals surface area contributed by atoms with Crippen LogP contribution in [0.25, 0.3) is 0 Å². The molecular weight excluding hydrogens is 263 g/mol. The van der Waals surface area contributed by atoms with Crippen molar-refractivity contribution in [1.82, 2.24) is 4.90 Å². The van der Waals surface area contributed by atoms with Crippen molar-refractivity contribution in [3.63, 3.8) is 0 Å². The number of halogens is 2. The SMILES string of the molecule is CCCN(Cc1ccc(F)cc1Cl)CC(C)(C)CN. The Morgan fingerprint density at radius 1 is 1.37 bits per heavy atom. The zero-order chi connectivity index (χ0) is 14.5. The molecule has 1 rings (SSSR count). The largest absolute Gasteiger partial charge is 0.330 e. The molecule has 0 saturated carbocycles. The van der Waals surface area contributed by atoms with E-state index in [4.69, 9.17) is 17.3 Å². The number of nitrogens with zero attached hydrogens (tertiary/aromatic N) is 1. The molecule has 0 heterocycles. The van der Waals surface area contributed by atoms with Gasteiger partial charge in [-0.2, -0.15) is 0 Å². The monoisotopic (exact) mass is 286 g/mol. The van der Waals surface area contributed by atoms with Gasteiger partial charge in [-0.1, -0.05) is 38.4 Å². The van der Waals surface area contributed by atoms with Crippen LogP contribution in [0.5, 0.6) is 0 Å². The first-order valence-corrected chi connectivity index (χ1v) is 7.12. The van der Waals surface area contributed by atoms with Crippen LogP contribution in [-0.4, -0.2) is 24.5 Å². The fourth-order valence-electron chi connectivity index (χ4n) is 2.09. The van der Waals surface area contributed by atoms with Gasteiger partial charge in [0.15, 0.2) is 0 Å². The Balaban J connectivity index is 2.77. The molecule has 0 unspecified atom stereocenters. The first-order chi connectivity index (χ1) is 8.88. The van der Waals surface area contributed by atoms with Gasteiger partial charge in [0, 0.05) is 18.1 Å². The second-order valence-corrected chi connectivity index (χ2v) is 6.22. The van der Waals surface area contributed by atoms with E-state index in [1.807, 2.05) is 0 Å². The predicted octanol–water partition coefficient (Wildman–Crippen LogP) is 3.68. The van der Waals surface area contributed by atoms with Gasteiger partial charge in [-0.15, -0.1) is 0 Å². The zero-order valence-corrected chi connectivity index (χ0v) is 12.8. The van der Waals surface area contributed by atoms with Gasteiger partial charge in [0.2, 0.25) is 0 Å². The third-order valence-corrected chi connectivity index (χ3v) is 3.50. The molecule has 0 bridgehead atoms. The number of rotatable bonds is 7. The minimum atomic E-state index is -0.293. The molecule has 0 aromatic heterocycles. The maximum absolute atomic E-state index is 13.0. The van der Waals surface area contributed by atoms with E-state index in [0.29, 0.717) is 11.6 Å². The van der Waals surface area contributed by atoms with E-state index in [1.54, 1.807) is 6.07 Å². The van der Waals surface area contributed by atoms with Crippen LogP contribution in [0.15, 0.2) is 18.2 Å². The summed E-state index contributed by atoms with van der Waals surface area (Å²) in [5.41, 5.74) is 6.83. The van der Waals surface area contributed by atoms with E-state index in [-0.39, 0.29) is 11.2 Å². The van der Waals surface area contributed by atoms with Gasteiger partial charge < -0.3 is 5.73 Å². The average Bonchev–Trinajstić information content (AvgIpc) is 2.32. The topological polar surface area (TPSA) is 29.3 Å². The Morgan fingerprint density at radius 2 is 2.05 bits per heavy atom. The van der Waals surface area contributed by atoms with Crippen LogP contribution in [0.4, 0.5) is 4.39 Å². The number of hydrogen-bond donors (Lipinski definition) is 1. The highest BCUT2D eigenvalue weighted by Gasteiger charge is 2.20. The molecule has 0 spiro atoms. The molecule has 2 nitrogen and oxygen atoms in total. The normalized spacial score (nSPS) is 12.2. The van der Waals surface area contributed by atoms with E-state index in [0.717, 1.165) is 31.6 Å². The van der Waals surface area contributed by atoms with E-state index in [1.165, 1.54) is 12.1 Å². The summed E-state index contributed by atoms with van der Waals surface area (Å²) in [6.45, 7) is 9.72. The zero-order valence-electron chi connectivity index (χ0n) is 12.0. The van der Waals surface area contributed by atoms with Crippen molar-refractivity contribution in [2.45, 2.75) is 33.7 Å². The van der Waals surface area contributed by atoms with Crippen molar-refractivity contribution in [2.24, 2.45) is 11.1 Å². The number of benzene rings is 1. The van der Waals surface area contributed by atoms with Gasteiger partial charge in [-0.25, -0.2) is 4.39 Å². The third kappa shape index (κ3) is 5.47. The fraction of sp³-hybridized carbons (Fsp3) is 0.600. The summed E-state index contributed by atoms with van der Waals surface area (Å²) in [4.78, 5) is 2.33. The van der Waals surface area contributed by atoms with Crippen molar-refractivity contribution in [1.29, 1.82) is 0 Å². The maximum Gasteiger partial charge on any atom is 0.124 e. The molecule has 0 radical (unpaired) electrons. The van der Waals surface area contributed by atoms with Gasteiger partial charge in [-0.05, 0) is 42.6 Å². The minimum Gasteiger partial charge on any atom is -0.330 e. The highest BCUT2D eigenvalue weighted by Crippen LogP contribution is 2.22. The molecule has 0 atom stereocenters. The summed E-state index contributed by atoms with van der Waals surface area (Å²) in [5.74, 6) is -0.293. The Hall–Kier alpha value is -0.640. The summed E-state index contributed by atoms with van der Waals surface area (Å²) < 4.78 is 13.0. The third-order valence-electron chi connectivity index (χ3n) is 3.15. The molecule has 108 valence electrons. The molecule has 0 aliphatic heterocycles. The number of hydrogen-bond acceptors (Lipinski definition) is 2. The van der Waals surface area contributed by atoms with Crippen molar-refractivity contribution >= 4 is 11.6 Å². The van der Waals surface area contributed by atoms with Crippen molar-refractivity contribution in [3.05, 3.63) is 34.6 Å². The highest BCUT2D eigenvalue weighted by atomic mass is 35.5. The fourth-order valence-corrected chi connectivity index (χ4v) is 2.32. The predicted molar refractivity (Wildman–Crippen MR) is 79.8 cm³/mol. The van der Waals surface area contributed by atoms with Crippen molar-refractivity contribution in [3.8, 4) is 0 Å². The Morgan fingerprint density at radius 3 is 2.58 bits per heavy atom. The van der Waals surface area contributed by atoms with E-state index in [2.05, 4.69) is 25.7 Å². The van der Waals surface area contributed by atoms with Crippen LogP contribution < -0.4 is 5.73 Å². The molecule has 1 aromatic carbocycles. The molecule has 0 saturated heterocycles. The second kappa shape index (κ2) is 7.22. The average molecular weight is 287 g/mol. The molecule has 0 amide bonds. The van der Waals surface area contributed by atoms with Gasteiger partial charge in [0.05, 0.1) is 0 Å². The second-order valence-electron chi connectivity index (χ2n) is 5.81. The lowest BCUT2D eigenvalue weighted by Gasteiger charge is -2.31. The van der Waals surface area contributed by atoms with Crippen LogP contribution in [0, 0.1) is 11.2 Å². The van der Waals surface area contributed by atoms with E-state index in [9.17, 15) is 4.39 Å². The highest BCUT2D eigenvalue weighted by molar-refractivity contribution is 6.31. The van der Waals surface area contributed by atoms with Crippen LogP contribution in [0.2, 0.25) is 5.02 Å². The van der Waals surface area contributed by atoms with Crippen molar-refractivity contribution in [2.75, 3.05) is 19.6 Å². The van der Waals surface area contributed by atoms with Gasteiger partial charge in [0.25, 0.3) is 0 Å². The molecular formula is C15H24ClFN2. The minimum absolute atomic E-state index is 0.0711. The number of nitrogens with two attached hydrogens (primary N) is 1. The van der Waals surface area contributed by atoms with Crippen molar-refractivity contribution < 1.29 is 4.39 Å². The van der Waals surface area contributed by atoms with Gasteiger partial charge in [-0.3, -0.25) is 4.90 Å². The first-order valence-electron chi connectivity index (χ1n) is 6.74. The smallest absolute Gasteiger partial charge is 0.124 e. The van der Waals surface area contributed by atoms with Crippen LogP contribution in [0.3, 0.4) is 0 Å². The summed E-state index contributed by atoms with van der Waals surface area (Å²) in [7, 11) is 0. The lowest BCUT2D eigenvalue weighted by molar-refractivity contribution is 0.176. The Kier molecular flexibility index (Phi) is 6.24. The van der Waals surface area contributed by atoms with Gasteiger partial charge >= 0.3 is 0 Å². The standard InChI is InChI=1S/C15H24ClFN2/c1-4-7-19(11-15(2,3)10-18)9-12-5-6-13(17)8-14(12)16/h5-6,8H,4,7,9-11,18H2,1-3H3. The first kappa shape index (κ1) is 16.4. The van der Waals surface area contributed by atoms with Crippen LogP contribution in [-0.2, 0) is 6.54 Å². The van der Waals surface area contributed by atoms with Crippen LogP contribution in [0.1, 0.15) is 32.8 Å². The molecule has 4 heteroatoms. The summed E-state index contributed by atoms with van der Waals surface area (Å²) in [5, 5.41) is 0.492. The summed E-state index contributed by atoms with van der Waals surface area (Å²) >= 11 is 6.09. The molecule has 0 fully saturated rings. The lowest BCUT2D eigenvalue weighted by atomic mass is 9.93. The molecule has 0 aliphatic carbocycles. The molecule has 0 aliphatic rings. The molecule has 19 heavy (non-hydrogen) atoms. The molecule has 2 N–H and O–H groups in total. The lowest BCUT2D eigenvalue weighted by Crippen LogP contribution is -2.38. The Bertz CT molecular complexity index is 407. The maximum atomic E-state index is 13.0. The quantitative estimate of drug-likeness (QED) is 0.828. The Labute approximate surface area is 120 Å². The van der Waals surface area contributed by atoms with E-state index >= 15 is 0 Å². The molecule has 1 aromatic rings. The van der Waals surface area contributed by atoms with Gasteiger partial charge in [0.1, 0.15) is 5.82 Å². The summed E-state index contributed by atoms with van der Waals surface area (Å²) in [6, 6.07) is 4.59.